The maximum Gasteiger partial charge on any atom is 0.0652 e. The largest absolute Gasteiger partial charge is 0.381 e. The van der Waals surface area contributed by atoms with E-state index in [0.29, 0.717) is 12.1 Å². The summed E-state index contributed by atoms with van der Waals surface area (Å²) in [6.07, 6.45) is 2.59. The Morgan fingerprint density at radius 2 is 1.95 bits per heavy atom. The molecule has 1 aromatic carbocycles. The fourth-order valence-electron chi connectivity index (χ4n) is 3.10. The van der Waals surface area contributed by atoms with Crippen molar-refractivity contribution in [2.45, 2.75) is 45.4 Å². The summed E-state index contributed by atoms with van der Waals surface area (Å²) < 4.78 is 5.51. The normalized spacial score (nSPS) is 24.4. The number of methoxy groups -OCH3 is 1. The highest BCUT2D eigenvalue weighted by Gasteiger charge is 2.48. The lowest BCUT2D eigenvalue weighted by atomic mass is 9.64. The Balaban J connectivity index is 1.92. The topological polar surface area (TPSA) is 33.3 Å². The zero-order chi connectivity index (χ0) is 14.6. The van der Waals surface area contributed by atoms with E-state index in [-0.39, 0.29) is 5.41 Å². The summed E-state index contributed by atoms with van der Waals surface area (Å²) in [7, 11) is 3.82. The molecule has 0 aromatic heterocycles. The number of rotatable bonds is 7. The third kappa shape index (κ3) is 3.22. The van der Waals surface area contributed by atoms with E-state index in [2.05, 4.69) is 48.7 Å². The molecule has 0 radical (unpaired) electrons. The predicted molar refractivity (Wildman–Crippen MR) is 83.9 cm³/mol. The van der Waals surface area contributed by atoms with Gasteiger partial charge < -0.3 is 15.4 Å². The minimum atomic E-state index is 0.231. The van der Waals surface area contributed by atoms with E-state index in [1.807, 2.05) is 14.2 Å². The Morgan fingerprint density at radius 3 is 2.55 bits per heavy atom. The highest BCUT2D eigenvalue weighted by Crippen LogP contribution is 2.42. The van der Waals surface area contributed by atoms with Gasteiger partial charge in [0.2, 0.25) is 0 Å². The molecule has 0 saturated heterocycles. The summed E-state index contributed by atoms with van der Waals surface area (Å²) in [4.78, 5) is 0. The van der Waals surface area contributed by atoms with Gasteiger partial charge in [-0.1, -0.05) is 38.1 Å². The first kappa shape index (κ1) is 15.5. The Hall–Kier alpha value is -0.900. The van der Waals surface area contributed by atoms with Crippen LogP contribution in [0, 0.1) is 5.41 Å². The Kier molecular flexibility index (Phi) is 5.19. The second-order valence-electron chi connectivity index (χ2n) is 6.34. The van der Waals surface area contributed by atoms with E-state index in [0.717, 1.165) is 25.9 Å². The first-order valence-corrected chi connectivity index (χ1v) is 7.57. The molecular formula is C17H28N2O. The molecule has 1 aromatic rings. The minimum Gasteiger partial charge on any atom is -0.381 e. The average Bonchev–Trinajstić information content (AvgIpc) is 2.45. The number of hydrogen-bond donors (Lipinski definition) is 2. The van der Waals surface area contributed by atoms with Gasteiger partial charge in [-0.25, -0.2) is 0 Å². The molecule has 1 saturated carbocycles. The quantitative estimate of drug-likeness (QED) is 0.802. The number of hydrogen-bond acceptors (Lipinski definition) is 3. The smallest absolute Gasteiger partial charge is 0.0652 e. The summed E-state index contributed by atoms with van der Waals surface area (Å²) in [5.41, 5.74) is 3.09. The SMILES string of the molecule is CNCCc1ccccc1CNC1CC(OC)C1(C)C. The molecule has 2 rings (SSSR count). The van der Waals surface area contributed by atoms with Gasteiger partial charge in [-0.3, -0.25) is 0 Å². The lowest BCUT2D eigenvalue weighted by Crippen LogP contribution is -2.60. The van der Waals surface area contributed by atoms with Crippen molar-refractivity contribution in [3.8, 4) is 0 Å². The molecule has 112 valence electrons. The second-order valence-corrected chi connectivity index (χ2v) is 6.34. The van der Waals surface area contributed by atoms with Crippen molar-refractivity contribution in [2.75, 3.05) is 20.7 Å². The van der Waals surface area contributed by atoms with Crippen LogP contribution in [0.1, 0.15) is 31.4 Å². The van der Waals surface area contributed by atoms with E-state index in [9.17, 15) is 0 Å². The lowest BCUT2D eigenvalue weighted by molar-refractivity contribution is -0.0979. The van der Waals surface area contributed by atoms with Crippen LogP contribution in [0.15, 0.2) is 24.3 Å². The zero-order valence-electron chi connectivity index (χ0n) is 13.2. The summed E-state index contributed by atoms with van der Waals surface area (Å²) in [5, 5.41) is 6.93. The van der Waals surface area contributed by atoms with Gasteiger partial charge in [-0.2, -0.15) is 0 Å². The number of likely N-dealkylation sites (N-methyl/N-ethyl adjacent to an activating group) is 1. The van der Waals surface area contributed by atoms with E-state index in [4.69, 9.17) is 4.74 Å². The minimum absolute atomic E-state index is 0.231. The maximum absolute atomic E-state index is 5.51. The molecule has 20 heavy (non-hydrogen) atoms. The van der Waals surface area contributed by atoms with Gasteiger partial charge in [0.25, 0.3) is 0 Å². The third-order valence-corrected chi connectivity index (χ3v) is 4.76. The first-order chi connectivity index (χ1) is 9.59. The van der Waals surface area contributed by atoms with Crippen LogP contribution in [0.25, 0.3) is 0 Å². The molecule has 3 heteroatoms. The molecule has 3 nitrogen and oxygen atoms in total. The predicted octanol–water partition coefficient (Wildman–Crippen LogP) is 2.35. The van der Waals surface area contributed by atoms with E-state index >= 15 is 0 Å². The molecule has 0 amide bonds. The summed E-state index contributed by atoms with van der Waals surface area (Å²) in [5.74, 6) is 0. The van der Waals surface area contributed by atoms with Gasteiger partial charge in [-0.15, -0.1) is 0 Å². The van der Waals surface area contributed by atoms with E-state index in [1.54, 1.807) is 0 Å². The van der Waals surface area contributed by atoms with Crippen molar-refractivity contribution < 1.29 is 4.74 Å². The third-order valence-electron chi connectivity index (χ3n) is 4.76. The number of nitrogens with one attached hydrogen (secondary N) is 2. The Bertz CT molecular complexity index is 431. The van der Waals surface area contributed by atoms with Gasteiger partial charge in [-0.05, 0) is 37.6 Å². The van der Waals surface area contributed by atoms with Gasteiger partial charge in [0, 0.05) is 25.1 Å². The fourth-order valence-corrected chi connectivity index (χ4v) is 3.10. The van der Waals surface area contributed by atoms with Gasteiger partial charge >= 0.3 is 0 Å². The van der Waals surface area contributed by atoms with Crippen LogP contribution < -0.4 is 10.6 Å². The monoisotopic (exact) mass is 276 g/mol. The fraction of sp³-hybridized carbons (Fsp3) is 0.647. The highest BCUT2D eigenvalue weighted by molar-refractivity contribution is 5.27. The van der Waals surface area contributed by atoms with Crippen LogP contribution in [0.3, 0.4) is 0 Å². The summed E-state index contributed by atoms with van der Waals surface area (Å²) in [6.45, 7) is 6.55. The number of benzene rings is 1. The van der Waals surface area contributed by atoms with Crippen molar-refractivity contribution in [1.29, 1.82) is 0 Å². The van der Waals surface area contributed by atoms with Crippen LogP contribution >= 0.6 is 0 Å². The molecule has 2 unspecified atom stereocenters. The standard InChI is InChI=1S/C17H28N2O/c1-17(2)15(11-16(17)20-4)19-12-14-8-6-5-7-13(14)9-10-18-3/h5-8,15-16,18-19H,9-12H2,1-4H3. The van der Waals surface area contributed by atoms with Crippen molar-refractivity contribution in [3.05, 3.63) is 35.4 Å². The number of ether oxygens (including phenoxy) is 1. The molecule has 0 spiro atoms. The first-order valence-electron chi connectivity index (χ1n) is 7.57. The van der Waals surface area contributed by atoms with Crippen LogP contribution in [-0.2, 0) is 17.7 Å². The van der Waals surface area contributed by atoms with Crippen molar-refractivity contribution >= 4 is 0 Å². The summed E-state index contributed by atoms with van der Waals surface area (Å²) in [6, 6.07) is 9.27. The molecule has 2 atom stereocenters. The Labute approximate surface area is 123 Å². The molecule has 1 fully saturated rings. The van der Waals surface area contributed by atoms with Gasteiger partial charge in [0.05, 0.1) is 6.10 Å². The van der Waals surface area contributed by atoms with Crippen LogP contribution in [0.4, 0.5) is 0 Å². The van der Waals surface area contributed by atoms with E-state index < -0.39 is 0 Å². The van der Waals surface area contributed by atoms with Crippen LogP contribution in [0.2, 0.25) is 0 Å². The molecule has 0 bridgehead atoms. The van der Waals surface area contributed by atoms with Gasteiger partial charge in [0.1, 0.15) is 0 Å². The van der Waals surface area contributed by atoms with Crippen LogP contribution in [-0.4, -0.2) is 32.8 Å². The highest BCUT2D eigenvalue weighted by atomic mass is 16.5. The molecule has 1 aliphatic carbocycles. The van der Waals surface area contributed by atoms with Crippen molar-refractivity contribution in [2.24, 2.45) is 5.41 Å². The van der Waals surface area contributed by atoms with Crippen LogP contribution in [0.5, 0.6) is 0 Å². The zero-order valence-corrected chi connectivity index (χ0v) is 13.2. The Morgan fingerprint density at radius 1 is 1.25 bits per heavy atom. The van der Waals surface area contributed by atoms with Crippen molar-refractivity contribution in [1.82, 2.24) is 10.6 Å². The second kappa shape index (κ2) is 6.70. The summed E-state index contributed by atoms with van der Waals surface area (Å²) >= 11 is 0. The lowest BCUT2D eigenvalue weighted by Gasteiger charge is -2.51. The molecule has 2 N–H and O–H groups in total. The van der Waals surface area contributed by atoms with E-state index in [1.165, 1.54) is 11.1 Å². The average molecular weight is 276 g/mol. The maximum atomic E-state index is 5.51. The molecule has 0 aliphatic heterocycles. The molecule has 1 aliphatic rings. The molecule has 0 heterocycles. The van der Waals surface area contributed by atoms with Crippen molar-refractivity contribution in [3.63, 3.8) is 0 Å². The van der Waals surface area contributed by atoms with Gasteiger partial charge in [0.15, 0.2) is 0 Å². The molecular weight excluding hydrogens is 248 g/mol.